The van der Waals surface area contributed by atoms with Crippen LogP contribution in [0.1, 0.15) is 12.8 Å². The Hall–Kier alpha value is -2.87. The molecule has 1 fully saturated rings. The van der Waals surface area contributed by atoms with Gasteiger partial charge < -0.3 is 9.88 Å². The standard InChI is InChI=1S/C18H15FN6S/c19-16-11(3-6-15(23-16)25-7-1-2-8-25)18-24-17-14(26-18)5-4-12(22-17)13-9-20-10-21-13/h3-6,9-10H,1-2,7-8H2,(H,20,21). The van der Waals surface area contributed by atoms with Crippen LogP contribution in [0.4, 0.5) is 10.2 Å². The molecule has 1 aliphatic rings. The average Bonchev–Trinajstić information content (AvgIpc) is 3.41. The lowest BCUT2D eigenvalue weighted by atomic mass is 10.2. The van der Waals surface area contributed by atoms with Gasteiger partial charge in [0.1, 0.15) is 10.8 Å². The first-order valence-electron chi connectivity index (χ1n) is 8.46. The smallest absolute Gasteiger partial charge is 0.225 e. The molecule has 0 aromatic carbocycles. The van der Waals surface area contributed by atoms with Crippen molar-refractivity contribution in [2.24, 2.45) is 0 Å². The molecule has 0 aliphatic carbocycles. The lowest BCUT2D eigenvalue weighted by Gasteiger charge is -2.16. The van der Waals surface area contributed by atoms with E-state index >= 15 is 0 Å². The van der Waals surface area contributed by atoms with E-state index in [-0.39, 0.29) is 0 Å². The highest BCUT2D eigenvalue weighted by molar-refractivity contribution is 7.21. The van der Waals surface area contributed by atoms with Crippen molar-refractivity contribution < 1.29 is 4.39 Å². The second-order valence-corrected chi connectivity index (χ2v) is 7.24. The number of fused-ring (bicyclic) bond motifs is 1. The Bertz CT molecular complexity index is 1070. The fourth-order valence-corrected chi connectivity index (χ4v) is 4.11. The Kier molecular flexibility index (Phi) is 3.63. The van der Waals surface area contributed by atoms with E-state index in [4.69, 9.17) is 0 Å². The lowest BCUT2D eigenvalue weighted by Crippen LogP contribution is -2.19. The topological polar surface area (TPSA) is 70.6 Å². The number of rotatable bonds is 3. The predicted octanol–water partition coefficient (Wildman–Crippen LogP) is 3.88. The molecule has 0 radical (unpaired) electrons. The van der Waals surface area contributed by atoms with Gasteiger partial charge in [0.05, 0.1) is 34.2 Å². The maximum absolute atomic E-state index is 14.6. The molecule has 0 spiro atoms. The number of halogens is 1. The van der Waals surface area contributed by atoms with Crippen LogP contribution in [-0.4, -0.2) is 38.0 Å². The third-order valence-corrected chi connectivity index (χ3v) is 5.57. The number of thiazole rings is 1. The maximum atomic E-state index is 14.6. The van der Waals surface area contributed by atoms with E-state index in [0.717, 1.165) is 42.0 Å². The van der Waals surface area contributed by atoms with Crippen molar-refractivity contribution in [1.82, 2.24) is 24.9 Å². The van der Waals surface area contributed by atoms with E-state index in [0.29, 0.717) is 22.0 Å². The van der Waals surface area contributed by atoms with Gasteiger partial charge >= 0.3 is 0 Å². The normalized spacial score (nSPS) is 14.4. The number of anilines is 1. The summed E-state index contributed by atoms with van der Waals surface area (Å²) in [5, 5.41) is 0.590. The summed E-state index contributed by atoms with van der Waals surface area (Å²) in [6.07, 6.45) is 5.58. The second kappa shape index (κ2) is 6.14. The number of nitrogens with one attached hydrogen (secondary N) is 1. The van der Waals surface area contributed by atoms with Crippen LogP contribution >= 0.6 is 11.3 Å². The molecular weight excluding hydrogens is 351 g/mol. The van der Waals surface area contributed by atoms with Gasteiger partial charge in [0, 0.05) is 13.1 Å². The Balaban J connectivity index is 1.52. The fourth-order valence-electron chi connectivity index (χ4n) is 3.19. The molecule has 0 saturated carbocycles. The van der Waals surface area contributed by atoms with Crippen LogP contribution in [0.2, 0.25) is 0 Å². The first-order valence-corrected chi connectivity index (χ1v) is 9.28. The third-order valence-electron chi connectivity index (χ3n) is 4.52. The van der Waals surface area contributed by atoms with Crippen LogP contribution in [0.15, 0.2) is 36.8 Å². The van der Waals surface area contributed by atoms with E-state index in [2.05, 4.69) is 29.8 Å². The molecule has 130 valence electrons. The van der Waals surface area contributed by atoms with Gasteiger partial charge in [0.15, 0.2) is 5.65 Å². The molecule has 8 heteroatoms. The van der Waals surface area contributed by atoms with E-state index in [1.807, 2.05) is 18.2 Å². The first kappa shape index (κ1) is 15.4. The minimum atomic E-state index is -0.484. The molecule has 0 amide bonds. The van der Waals surface area contributed by atoms with E-state index in [1.54, 1.807) is 18.6 Å². The van der Waals surface area contributed by atoms with Crippen molar-refractivity contribution in [3.63, 3.8) is 0 Å². The summed E-state index contributed by atoms with van der Waals surface area (Å²) >= 11 is 1.42. The summed E-state index contributed by atoms with van der Waals surface area (Å²) in [5.74, 6) is 0.215. The quantitative estimate of drug-likeness (QED) is 0.557. The zero-order valence-corrected chi connectivity index (χ0v) is 14.6. The molecule has 6 nitrogen and oxygen atoms in total. The number of hydrogen-bond donors (Lipinski definition) is 1. The highest BCUT2D eigenvalue weighted by atomic mass is 32.1. The summed E-state index contributed by atoms with van der Waals surface area (Å²) in [4.78, 5) is 22.4. The molecule has 5 heterocycles. The van der Waals surface area contributed by atoms with Crippen molar-refractivity contribution in [3.8, 4) is 22.0 Å². The average molecular weight is 366 g/mol. The minimum absolute atomic E-state index is 0.416. The summed E-state index contributed by atoms with van der Waals surface area (Å²) in [5.41, 5.74) is 2.60. The van der Waals surface area contributed by atoms with Crippen LogP contribution < -0.4 is 4.90 Å². The van der Waals surface area contributed by atoms with Gasteiger partial charge in [0.25, 0.3) is 0 Å². The zero-order chi connectivity index (χ0) is 17.5. The van der Waals surface area contributed by atoms with Crippen LogP contribution in [0.3, 0.4) is 0 Å². The number of imidazole rings is 1. The predicted molar refractivity (Wildman–Crippen MR) is 99.6 cm³/mol. The number of nitrogens with zero attached hydrogens (tertiary/aromatic N) is 5. The summed E-state index contributed by atoms with van der Waals surface area (Å²) in [6, 6.07) is 7.50. The van der Waals surface area contributed by atoms with Crippen LogP contribution in [0, 0.1) is 5.95 Å². The van der Waals surface area contributed by atoms with Gasteiger partial charge in [-0.3, -0.25) is 0 Å². The Morgan fingerprint density at radius 1 is 1.04 bits per heavy atom. The van der Waals surface area contributed by atoms with Crippen LogP contribution in [0.25, 0.3) is 32.3 Å². The van der Waals surface area contributed by atoms with Crippen molar-refractivity contribution in [2.45, 2.75) is 12.8 Å². The van der Waals surface area contributed by atoms with Crippen LogP contribution in [-0.2, 0) is 0 Å². The molecule has 0 atom stereocenters. The van der Waals surface area contributed by atoms with Crippen molar-refractivity contribution in [1.29, 1.82) is 0 Å². The summed E-state index contributed by atoms with van der Waals surface area (Å²) < 4.78 is 15.5. The SMILES string of the molecule is Fc1nc(N2CCCC2)ccc1-c1nc2nc(-c3cnc[nH]3)ccc2s1. The molecular formula is C18H15FN6S. The number of hydrogen-bond acceptors (Lipinski definition) is 6. The van der Waals surface area contributed by atoms with Gasteiger partial charge in [-0.05, 0) is 37.1 Å². The summed E-state index contributed by atoms with van der Waals surface area (Å²) in [6.45, 7) is 1.88. The van der Waals surface area contributed by atoms with Gasteiger partial charge in [0.2, 0.25) is 5.95 Å². The van der Waals surface area contributed by atoms with Crippen molar-refractivity contribution in [3.05, 3.63) is 42.7 Å². The second-order valence-electron chi connectivity index (χ2n) is 6.20. The molecule has 4 aromatic rings. The van der Waals surface area contributed by atoms with E-state index in [1.165, 1.54) is 11.3 Å². The first-order chi connectivity index (χ1) is 12.8. The van der Waals surface area contributed by atoms with Crippen molar-refractivity contribution in [2.75, 3.05) is 18.0 Å². The zero-order valence-electron chi connectivity index (χ0n) is 13.8. The van der Waals surface area contributed by atoms with Gasteiger partial charge in [-0.15, -0.1) is 11.3 Å². The molecule has 0 unspecified atom stereocenters. The summed E-state index contributed by atoms with van der Waals surface area (Å²) in [7, 11) is 0. The van der Waals surface area contributed by atoms with Gasteiger partial charge in [-0.25, -0.2) is 19.9 Å². The van der Waals surface area contributed by atoms with E-state index in [9.17, 15) is 4.39 Å². The molecule has 1 N–H and O–H groups in total. The number of H-pyrrole nitrogens is 1. The molecule has 5 rings (SSSR count). The lowest BCUT2D eigenvalue weighted by molar-refractivity contribution is 0.586. The molecule has 1 aliphatic heterocycles. The van der Waals surface area contributed by atoms with Gasteiger partial charge in [-0.2, -0.15) is 4.39 Å². The highest BCUT2D eigenvalue weighted by Crippen LogP contribution is 2.32. The van der Waals surface area contributed by atoms with Crippen molar-refractivity contribution >= 4 is 27.5 Å². The Morgan fingerprint density at radius 3 is 2.69 bits per heavy atom. The molecule has 0 bridgehead atoms. The molecule has 1 saturated heterocycles. The van der Waals surface area contributed by atoms with Crippen LogP contribution in [0.5, 0.6) is 0 Å². The third kappa shape index (κ3) is 2.62. The molecule has 4 aromatic heterocycles. The van der Waals surface area contributed by atoms with Gasteiger partial charge in [-0.1, -0.05) is 0 Å². The molecule has 26 heavy (non-hydrogen) atoms. The van der Waals surface area contributed by atoms with E-state index < -0.39 is 5.95 Å². The maximum Gasteiger partial charge on any atom is 0.225 e. The highest BCUT2D eigenvalue weighted by Gasteiger charge is 2.18. The monoisotopic (exact) mass is 366 g/mol. The Labute approximate surface area is 152 Å². The number of pyridine rings is 2. The largest absolute Gasteiger partial charge is 0.357 e. The number of aromatic amines is 1. The number of aromatic nitrogens is 5. The Morgan fingerprint density at radius 2 is 1.92 bits per heavy atom. The fraction of sp³-hybridized carbons (Fsp3) is 0.222. The minimum Gasteiger partial charge on any atom is -0.357 e.